The first-order chi connectivity index (χ1) is 13.2. The summed E-state index contributed by atoms with van der Waals surface area (Å²) in [4.78, 5) is 14.5. The molecule has 0 unspecified atom stereocenters. The predicted octanol–water partition coefficient (Wildman–Crippen LogP) is 3.18. The van der Waals surface area contributed by atoms with E-state index in [2.05, 4.69) is 39.6 Å². The first kappa shape index (κ1) is 17.1. The second-order valence-corrected chi connectivity index (χ2v) is 6.50. The van der Waals surface area contributed by atoms with Gasteiger partial charge in [-0.05, 0) is 42.3 Å². The Balaban J connectivity index is 1.34. The smallest absolute Gasteiger partial charge is 0.251 e. The number of para-hydroxylation sites is 1. The van der Waals surface area contributed by atoms with Crippen LogP contribution in [-0.2, 0) is 19.5 Å². The van der Waals surface area contributed by atoms with Gasteiger partial charge in [0, 0.05) is 23.9 Å². The van der Waals surface area contributed by atoms with Gasteiger partial charge in [-0.25, -0.2) is 0 Å². The molecule has 0 saturated carbocycles. The van der Waals surface area contributed by atoms with Crippen molar-refractivity contribution >= 4 is 11.6 Å². The molecule has 2 aromatic carbocycles. The Morgan fingerprint density at radius 1 is 1.22 bits per heavy atom. The summed E-state index contributed by atoms with van der Waals surface area (Å²) in [5.74, 6) is 1.19. The monoisotopic (exact) mass is 363 g/mol. The average molecular weight is 363 g/mol. The standard InChI is InChI=1S/C21H21N3O3/c1-26-18-8-6-16(7-9-18)21(25)22-13-19-12-17(23-27-19)14-24-11-10-15-4-2-3-5-20(15)24/h2-9,12H,10-11,13-14H2,1H3,(H,22,25). The van der Waals surface area contributed by atoms with Crippen LogP contribution in [0.1, 0.15) is 27.4 Å². The number of methoxy groups -OCH3 is 1. The van der Waals surface area contributed by atoms with Crippen LogP contribution in [0.4, 0.5) is 5.69 Å². The Bertz CT molecular complexity index is 934. The summed E-state index contributed by atoms with van der Waals surface area (Å²) in [5, 5.41) is 6.99. The van der Waals surface area contributed by atoms with Crippen molar-refractivity contribution in [2.75, 3.05) is 18.6 Å². The number of hydrogen-bond donors (Lipinski definition) is 1. The summed E-state index contributed by atoms with van der Waals surface area (Å²) in [7, 11) is 1.59. The Morgan fingerprint density at radius 2 is 2.04 bits per heavy atom. The highest BCUT2D eigenvalue weighted by atomic mass is 16.5. The van der Waals surface area contributed by atoms with E-state index in [4.69, 9.17) is 9.26 Å². The Hall–Kier alpha value is -3.28. The SMILES string of the molecule is COc1ccc(C(=O)NCc2cc(CN3CCc4ccccc43)no2)cc1. The van der Waals surface area contributed by atoms with Crippen molar-refractivity contribution in [2.24, 2.45) is 0 Å². The molecule has 0 bridgehead atoms. The zero-order chi connectivity index (χ0) is 18.6. The number of aromatic nitrogens is 1. The third-order valence-electron chi connectivity index (χ3n) is 4.72. The Morgan fingerprint density at radius 3 is 2.85 bits per heavy atom. The lowest BCUT2D eigenvalue weighted by Crippen LogP contribution is -2.22. The molecule has 0 aliphatic carbocycles. The topological polar surface area (TPSA) is 67.6 Å². The van der Waals surface area contributed by atoms with Crippen LogP contribution < -0.4 is 15.0 Å². The average Bonchev–Trinajstić information content (AvgIpc) is 3.34. The largest absolute Gasteiger partial charge is 0.497 e. The van der Waals surface area contributed by atoms with Crippen LogP contribution in [0.2, 0.25) is 0 Å². The molecule has 6 nitrogen and oxygen atoms in total. The van der Waals surface area contributed by atoms with Gasteiger partial charge in [-0.15, -0.1) is 0 Å². The van der Waals surface area contributed by atoms with Crippen molar-refractivity contribution < 1.29 is 14.1 Å². The second kappa shape index (κ2) is 7.53. The molecule has 4 rings (SSSR count). The molecular weight excluding hydrogens is 342 g/mol. The molecule has 0 atom stereocenters. The molecular formula is C21H21N3O3. The van der Waals surface area contributed by atoms with Gasteiger partial charge < -0.3 is 19.5 Å². The van der Waals surface area contributed by atoms with E-state index in [1.807, 2.05) is 6.07 Å². The number of carbonyl (C=O) groups excluding carboxylic acids is 1. The summed E-state index contributed by atoms with van der Waals surface area (Å²) in [6.45, 7) is 1.98. The molecule has 0 radical (unpaired) electrons. The fraction of sp³-hybridized carbons (Fsp3) is 0.238. The number of rotatable bonds is 6. The van der Waals surface area contributed by atoms with E-state index in [-0.39, 0.29) is 5.91 Å². The van der Waals surface area contributed by atoms with Gasteiger partial charge in [-0.2, -0.15) is 0 Å². The molecule has 0 fully saturated rings. The van der Waals surface area contributed by atoms with Crippen molar-refractivity contribution in [3.63, 3.8) is 0 Å². The first-order valence-electron chi connectivity index (χ1n) is 8.92. The van der Waals surface area contributed by atoms with Gasteiger partial charge in [0.1, 0.15) is 11.4 Å². The van der Waals surface area contributed by atoms with Crippen LogP contribution >= 0.6 is 0 Å². The van der Waals surface area contributed by atoms with E-state index in [1.54, 1.807) is 31.4 Å². The molecule has 27 heavy (non-hydrogen) atoms. The van der Waals surface area contributed by atoms with Gasteiger partial charge >= 0.3 is 0 Å². The number of fused-ring (bicyclic) bond motifs is 1. The second-order valence-electron chi connectivity index (χ2n) is 6.50. The van der Waals surface area contributed by atoms with Crippen molar-refractivity contribution in [1.82, 2.24) is 10.5 Å². The van der Waals surface area contributed by atoms with Crippen molar-refractivity contribution in [1.29, 1.82) is 0 Å². The Kier molecular flexibility index (Phi) is 4.78. The van der Waals surface area contributed by atoms with E-state index >= 15 is 0 Å². The van der Waals surface area contributed by atoms with Gasteiger partial charge in [0.15, 0.2) is 5.76 Å². The molecule has 0 spiro atoms. The van der Waals surface area contributed by atoms with Crippen molar-refractivity contribution in [2.45, 2.75) is 19.5 Å². The molecule has 1 aliphatic heterocycles. The lowest BCUT2D eigenvalue weighted by molar-refractivity contribution is 0.0947. The molecule has 2 heterocycles. The van der Waals surface area contributed by atoms with Crippen molar-refractivity contribution in [3.8, 4) is 5.75 Å². The third-order valence-corrected chi connectivity index (χ3v) is 4.72. The number of nitrogens with zero attached hydrogens (tertiary/aromatic N) is 2. The number of hydrogen-bond acceptors (Lipinski definition) is 5. The normalized spacial score (nSPS) is 12.7. The van der Waals surface area contributed by atoms with Crippen LogP contribution in [0.3, 0.4) is 0 Å². The fourth-order valence-corrected chi connectivity index (χ4v) is 3.29. The molecule has 1 aromatic heterocycles. The third kappa shape index (κ3) is 3.79. The highest BCUT2D eigenvalue weighted by Crippen LogP contribution is 2.28. The highest BCUT2D eigenvalue weighted by molar-refractivity contribution is 5.94. The summed E-state index contributed by atoms with van der Waals surface area (Å²) in [5.41, 5.74) is 4.06. The summed E-state index contributed by atoms with van der Waals surface area (Å²) in [6.07, 6.45) is 1.05. The number of anilines is 1. The lowest BCUT2D eigenvalue weighted by atomic mass is 10.2. The molecule has 1 aliphatic rings. The van der Waals surface area contributed by atoms with Gasteiger partial charge in [0.05, 0.1) is 20.2 Å². The van der Waals surface area contributed by atoms with E-state index in [9.17, 15) is 4.79 Å². The zero-order valence-corrected chi connectivity index (χ0v) is 15.1. The number of benzene rings is 2. The Labute approximate surface area is 157 Å². The molecule has 1 N–H and O–H groups in total. The number of ether oxygens (including phenoxy) is 1. The fourth-order valence-electron chi connectivity index (χ4n) is 3.29. The first-order valence-corrected chi connectivity index (χ1v) is 8.92. The minimum atomic E-state index is -0.163. The van der Waals surface area contributed by atoms with Crippen LogP contribution in [0, 0.1) is 0 Å². The van der Waals surface area contributed by atoms with Crippen LogP contribution in [0.25, 0.3) is 0 Å². The predicted molar refractivity (Wildman–Crippen MR) is 102 cm³/mol. The molecule has 0 saturated heterocycles. The zero-order valence-electron chi connectivity index (χ0n) is 15.1. The quantitative estimate of drug-likeness (QED) is 0.729. The molecule has 138 valence electrons. The molecule has 1 amide bonds. The summed E-state index contributed by atoms with van der Waals surface area (Å²) >= 11 is 0. The van der Waals surface area contributed by atoms with Crippen LogP contribution in [0.15, 0.2) is 59.1 Å². The number of nitrogens with one attached hydrogen (secondary N) is 1. The summed E-state index contributed by atoms with van der Waals surface area (Å²) in [6, 6.07) is 17.3. The maximum Gasteiger partial charge on any atom is 0.251 e. The minimum absolute atomic E-state index is 0.163. The van der Waals surface area contributed by atoms with Crippen LogP contribution in [0.5, 0.6) is 5.75 Å². The molecule has 6 heteroatoms. The van der Waals surface area contributed by atoms with E-state index in [0.717, 1.165) is 24.4 Å². The maximum atomic E-state index is 12.2. The van der Waals surface area contributed by atoms with E-state index < -0.39 is 0 Å². The van der Waals surface area contributed by atoms with Crippen molar-refractivity contribution in [3.05, 3.63) is 77.2 Å². The lowest BCUT2D eigenvalue weighted by Gasteiger charge is -2.17. The number of carbonyl (C=O) groups is 1. The molecule has 3 aromatic rings. The van der Waals surface area contributed by atoms with Gasteiger partial charge in [0.2, 0.25) is 0 Å². The number of amides is 1. The highest BCUT2D eigenvalue weighted by Gasteiger charge is 2.19. The van der Waals surface area contributed by atoms with E-state index in [1.165, 1.54) is 11.3 Å². The van der Waals surface area contributed by atoms with E-state index in [0.29, 0.717) is 24.4 Å². The summed E-state index contributed by atoms with van der Waals surface area (Å²) < 4.78 is 10.5. The van der Waals surface area contributed by atoms with Gasteiger partial charge in [-0.3, -0.25) is 4.79 Å². The van der Waals surface area contributed by atoms with Crippen LogP contribution in [-0.4, -0.2) is 24.7 Å². The minimum Gasteiger partial charge on any atom is -0.497 e. The maximum absolute atomic E-state index is 12.2. The van der Waals surface area contributed by atoms with Gasteiger partial charge in [0.25, 0.3) is 5.91 Å². The van der Waals surface area contributed by atoms with Gasteiger partial charge in [-0.1, -0.05) is 23.4 Å².